The van der Waals surface area contributed by atoms with Crippen molar-refractivity contribution in [1.29, 1.82) is 5.41 Å². The molecule has 16 heteroatoms. The molecule has 0 aromatic carbocycles. The second-order valence-electron chi connectivity index (χ2n) is 9.16. The van der Waals surface area contributed by atoms with Gasteiger partial charge in [-0.05, 0) is 46.0 Å². The molecule has 0 unspecified atom stereocenters. The summed E-state index contributed by atoms with van der Waals surface area (Å²) in [6.45, 7) is 3.26. The van der Waals surface area contributed by atoms with E-state index < -0.39 is 65.7 Å². The number of hydrogen-bond acceptors (Lipinski definition) is 8. The van der Waals surface area contributed by atoms with Crippen LogP contribution in [0.5, 0.6) is 0 Å². The van der Waals surface area contributed by atoms with Gasteiger partial charge in [0.2, 0.25) is 29.5 Å². The highest BCUT2D eigenvalue weighted by Gasteiger charge is 2.39. The lowest BCUT2D eigenvalue weighted by Crippen LogP contribution is -2.57. The summed E-state index contributed by atoms with van der Waals surface area (Å²) in [6, 6.07) is -5.33. The first-order valence-corrected chi connectivity index (χ1v) is 12.3. The molecule has 0 aromatic heterocycles. The lowest BCUT2D eigenvalue weighted by Gasteiger charge is -2.30. The van der Waals surface area contributed by atoms with Crippen LogP contribution in [-0.2, 0) is 28.8 Å². The van der Waals surface area contributed by atoms with E-state index in [9.17, 15) is 33.9 Å². The third-order valence-electron chi connectivity index (χ3n) is 5.90. The number of carbonyl (C=O) groups is 6. The molecular formula is C22H39N9O7. The molecule has 1 aliphatic heterocycles. The molecule has 0 saturated carbocycles. The van der Waals surface area contributed by atoms with E-state index in [4.69, 9.17) is 22.6 Å². The summed E-state index contributed by atoms with van der Waals surface area (Å²) in [6.07, 6.45) is 0.735. The summed E-state index contributed by atoms with van der Waals surface area (Å²) in [5.41, 5.74) is 15.9. The van der Waals surface area contributed by atoms with Crippen molar-refractivity contribution in [3.8, 4) is 0 Å². The standard InChI is InChI=1S/C22H39N9O7/c1-11(23)17(33)28-12(2)18(34)29-13(7-8-16(24)32)20(36)31-10-4-6-15(31)19(35)30-14(21(37)38)5-3-9-27-22(25)26/h11-15H,3-10,23H2,1-2H3,(H2,24,32)(H,28,33)(H,29,34)(H,30,35)(H,37,38)(H4,25,26,27)/t11-,12-,13-,14-,15-/m0/s1. The highest BCUT2D eigenvalue weighted by Crippen LogP contribution is 2.20. The maximum absolute atomic E-state index is 13.4. The number of rotatable bonds is 15. The fourth-order valence-corrected chi connectivity index (χ4v) is 3.81. The Balaban J connectivity index is 2.93. The quantitative estimate of drug-likeness (QED) is 0.0558. The predicted molar refractivity (Wildman–Crippen MR) is 135 cm³/mol. The van der Waals surface area contributed by atoms with Gasteiger partial charge >= 0.3 is 5.97 Å². The third kappa shape index (κ3) is 10.6. The van der Waals surface area contributed by atoms with Crippen LogP contribution in [0.4, 0.5) is 0 Å². The minimum atomic E-state index is -1.26. The molecular weight excluding hydrogens is 502 g/mol. The molecule has 5 atom stereocenters. The van der Waals surface area contributed by atoms with Crippen molar-refractivity contribution in [2.75, 3.05) is 13.1 Å². The predicted octanol–water partition coefficient (Wildman–Crippen LogP) is -3.59. The largest absolute Gasteiger partial charge is 0.480 e. The van der Waals surface area contributed by atoms with Gasteiger partial charge in [0, 0.05) is 19.5 Å². The normalized spacial score (nSPS) is 17.9. The first-order chi connectivity index (χ1) is 17.7. The molecule has 1 aliphatic rings. The SMILES string of the molecule is C[C@H](N)C(=O)N[C@@H](C)C(=O)N[C@@H](CCC(N)=O)C(=O)N1CCC[C@H]1C(=O)N[C@@H](CCCNC(=N)N)C(=O)O. The van der Waals surface area contributed by atoms with Crippen molar-refractivity contribution in [2.45, 2.75) is 82.6 Å². The first-order valence-electron chi connectivity index (χ1n) is 12.3. The molecule has 0 aromatic rings. The van der Waals surface area contributed by atoms with Crippen molar-refractivity contribution >= 4 is 41.5 Å². The Hall–Kier alpha value is -3.95. The van der Waals surface area contributed by atoms with Gasteiger partial charge in [-0.1, -0.05) is 0 Å². The van der Waals surface area contributed by atoms with Crippen molar-refractivity contribution in [3.63, 3.8) is 0 Å². The zero-order valence-electron chi connectivity index (χ0n) is 21.6. The summed E-state index contributed by atoms with van der Waals surface area (Å²) >= 11 is 0. The van der Waals surface area contributed by atoms with Crippen LogP contribution in [0.25, 0.3) is 0 Å². The average molecular weight is 542 g/mol. The van der Waals surface area contributed by atoms with Gasteiger partial charge in [0.1, 0.15) is 24.2 Å². The molecule has 214 valence electrons. The van der Waals surface area contributed by atoms with Gasteiger partial charge in [0.15, 0.2) is 5.96 Å². The van der Waals surface area contributed by atoms with E-state index >= 15 is 0 Å². The van der Waals surface area contributed by atoms with Gasteiger partial charge in [-0.15, -0.1) is 0 Å². The van der Waals surface area contributed by atoms with Crippen LogP contribution in [0.1, 0.15) is 52.4 Å². The van der Waals surface area contributed by atoms with E-state index in [0.717, 1.165) is 0 Å². The van der Waals surface area contributed by atoms with E-state index in [2.05, 4.69) is 21.3 Å². The maximum Gasteiger partial charge on any atom is 0.326 e. The van der Waals surface area contributed by atoms with Crippen LogP contribution in [0.15, 0.2) is 0 Å². The monoisotopic (exact) mass is 541 g/mol. The van der Waals surface area contributed by atoms with Crippen LogP contribution >= 0.6 is 0 Å². The number of aliphatic carboxylic acids is 1. The number of carbonyl (C=O) groups excluding carboxylic acids is 5. The van der Waals surface area contributed by atoms with Gasteiger partial charge in [0.05, 0.1) is 6.04 Å². The topological polar surface area (TPSA) is 276 Å². The zero-order chi connectivity index (χ0) is 29.0. The smallest absolute Gasteiger partial charge is 0.326 e. The van der Waals surface area contributed by atoms with Gasteiger partial charge in [-0.3, -0.25) is 29.4 Å². The maximum atomic E-state index is 13.4. The van der Waals surface area contributed by atoms with E-state index in [1.165, 1.54) is 18.7 Å². The van der Waals surface area contributed by atoms with Crippen molar-refractivity contribution in [1.82, 2.24) is 26.2 Å². The van der Waals surface area contributed by atoms with E-state index in [1.54, 1.807) is 0 Å². The van der Waals surface area contributed by atoms with Crippen LogP contribution < -0.4 is 38.5 Å². The van der Waals surface area contributed by atoms with E-state index in [-0.39, 0.29) is 44.7 Å². The highest BCUT2D eigenvalue weighted by atomic mass is 16.4. The number of nitrogens with zero attached hydrogens (tertiary/aromatic N) is 1. The number of likely N-dealkylation sites (tertiary alicyclic amines) is 1. The Bertz CT molecular complexity index is 912. The molecule has 1 saturated heterocycles. The van der Waals surface area contributed by atoms with Crippen LogP contribution in [0.2, 0.25) is 0 Å². The Kier molecular flexibility index (Phi) is 12.9. The second kappa shape index (κ2) is 15.3. The zero-order valence-corrected chi connectivity index (χ0v) is 21.6. The molecule has 0 radical (unpaired) electrons. The fourth-order valence-electron chi connectivity index (χ4n) is 3.81. The minimum absolute atomic E-state index is 0.0599. The van der Waals surface area contributed by atoms with Crippen LogP contribution in [0, 0.1) is 5.41 Å². The summed E-state index contributed by atoms with van der Waals surface area (Å²) in [5, 5.41) is 26.5. The number of nitrogens with two attached hydrogens (primary N) is 3. The van der Waals surface area contributed by atoms with E-state index in [1.807, 2.05) is 0 Å². The van der Waals surface area contributed by atoms with Crippen molar-refractivity contribution in [2.24, 2.45) is 17.2 Å². The summed E-state index contributed by atoms with van der Waals surface area (Å²) in [5.74, 6) is -4.80. The molecule has 1 rings (SSSR count). The Morgan fingerprint density at radius 3 is 2.21 bits per heavy atom. The van der Waals surface area contributed by atoms with Crippen LogP contribution in [-0.4, -0.2) is 94.8 Å². The van der Waals surface area contributed by atoms with Crippen molar-refractivity contribution in [3.05, 3.63) is 0 Å². The molecule has 0 spiro atoms. The number of hydrogen-bond donors (Lipinski definition) is 9. The third-order valence-corrected chi connectivity index (χ3v) is 5.90. The molecule has 5 amide bonds. The molecule has 1 fully saturated rings. The van der Waals surface area contributed by atoms with Crippen LogP contribution in [0.3, 0.4) is 0 Å². The molecule has 0 bridgehead atoms. The van der Waals surface area contributed by atoms with Gasteiger partial charge < -0.3 is 48.5 Å². The fraction of sp³-hybridized carbons (Fsp3) is 0.682. The minimum Gasteiger partial charge on any atom is -0.480 e. The summed E-state index contributed by atoms with van der Waals surface area (Å²) in [7, 11) is 0. The lowest BCUT2D eigenvalue weighted by atomic mass is 10.1. The number of primary amides is 1. The second-order valence-corrected chi connectivity index (χ2v) is 9.16. The highest BCUT2D eigenvalue weighted by molar-refractivity contribution is 5.95. The number of guanidine groups is 1. The Morgan fingerprint density at radius 2 is 1.66 bits per heavy atom. The number of carboxylic acid groups (broad SMARTS) is 1. The van der Waals surface area contributed by atoms with Crippen molar-refractivity contribution < 1.29 is 33.9 Å². The molecule has 38 heavy (non-hydrogen) atoms. The molecule has 0 aliphatic carbocycles. The summed E-state index contributed by atoms with van der Waals surface area (Å²) < 4.78 is 0. The van der Waals surface area contributed by atoms with Gasteiger partial charge in [0.25, 0.3) is 0 Å². The number of nitrogens with one attached hydrogen (secondary N) is 5. The Morgan fingerprint density at radius 1 is 1.00 bits per heavy atom. The van der Waals surface area contributed by atoms with Gasteiger partial charge in [-0.2, -0.15) is 0 Å². The molecule has 16 nitrogen and oxygen atoms in total. The number of carboxylic acids is 1. The molecule has 1 heterocycles. The first kappa shape index (κ1) is 32.1. The Labute approximate surface area is 220 Å². The number of amides is 5. The average Bonchev–Trinajstić information content (AvgIpc) is 3.32. The van der Waals surface area contributed by atoms with E-state index in [0.29, 0.717) is 12.8 Å². The van der Waals surface area contributed by atoms with Gasteiger partial charge in [-0.25, -0.2) is 4.79 Å². The molecule has 12 N–H and O–H groups in total. The summed E-state index contributed by atoms with van der Waals surface area (Å²) in [4.78, 5) is 75.0. The lowest BCUT2D eigenvalue weighted by molar-refractivity contribution is -0.145.